The van der Waals surface area contributed by atoms with E-state index in [2.05, 4.69) is 12.2 Å². The zero-order valence-electron chi connectivity index (χ0n) is 9.60. The third kappa shape index (κ3) is 5.41. The Kier molecular flexibility index (Phi) is 6.07. The molecule has 15 heavy (non-hydrogen) atoms. The SMILES string of the molecule is CC1CCC(CNC(=O)CCCCCl)C1. The number of rotatable bonds is 6. The molecule has 0 radical (unpaired) electrons. The molecule has 2 unspecified atom stereocenters. The first-order valence-corrected chi connectivity index (χ1v) is 6.58. The van der Waals surface area contributed by atoms with Gasteiger partial charge in [-0.15, -0.1) is 11.6 Å². The van der Waals surface area contributed by atoms with Crippen molar-refractivity contribution in [1.82, 2.24) is 5.32 Å². The zero-order chi connectivity index (χ0) is 11.1. The Morgan fingerprint density at radius 2 is 2.20 bits per heavy atom. The highest BCUT2D eigenvalue weighted by Crippen LogP contribution is 2.29. The van der Waals surface area contributed by atoms with Gasteiger partial charge in [0.1, 0.15) is 0 Å². The van der Waals surface area contributed by atoms with E-state index in [-0.39, 0.29) is 5.91 Å². The third-order valence-electron chi connectivity index (χ3n) is 3.18. The number of amides is 1. The van der Waals surface area contributed by atoms with Gasteiger partial charge in [0.2, 0.25) is 5.91 Å². The van der Waals surface area contributed by atoms with Crippen molar-refractivity contribution >= 4 is 17.5 Å². The van der Waals surface area contributed by atoms with Crippen LogP contribution >= 0.6 is 11.6 Å². The van der Waals surface area contributed by atoms with Crippen LogP contribution in [0.1, 0.15) is 45.4 Å². The predicted molar refractivity (Wildman–Crippen MR) is 64.1 cm³/mol. The lowest BCUT2D eigenvalue weighted by molar-refractivity contribution is -0.121. The van der Waals surface area contributed by atoms with E-state index in [4.69, 9.17) is 11.6 Å². The number of carbonyl (C=O) groups excluding carboxylic acids is 1. The van der Waals surface area contributed by atoms with Crippen LogP contribution in [0.4, 0.5) is 0 Å². The Labute approximate surface area is 97.8 Å². The normalized spacial score (nSPS) is 25.5. The average molecular weight is 232 g/mol. The molecular weight excluding hydrogens is 210 g/mol. The Balaban J connectivity index is 2.01. The lowest BCUT2D eigenvalue weighted by Crippen LogP contribution is -2.28. The molecule has 2 atom stereocenters. The largest absolute Gasteiger partial charge is 0.356 e. The molecule has 1 aliphatic carbocycles. The molecule has 0 saturated heterocycles. The van der Waals surface area contributed by atoms with Crippen LogP contribution in [0, 0.1) is 11.8 Å². The van der Waals surface area contributed by atoms with E-state index in [1.165, 1.54) is 19.3 Å². The molecule has 0 heterocycles. The number of alkyl halides is 1. The maximum absolute atomic E-state index is 11.4. The second-order valence-electron chi connectivity index (χ2n) is 4.73. The standard InChI is InChI=1S/C12H22ClNO/c1-10-5-6-11(8-10)9-14-12(15)4-2-3-7-13/h10-11H,2-9H2,1H3,(H,14,15). The fourth-order valence-corrected chi connectivity index (χ4v) is 2.43. The molecule has 1 N–H and O–H groups in total. The van der Waals surface area contributed by atoms with Gasteiger partial charge in [0.15, 0.2) is 0 Å². The molecule has 2 nitrogen and oxygen atoms in total. The maximum atomic E-state index is 11.4. The molecule has 0 bridgehead atoms. The molecule has 0 spiro atoms. The van der Waals surface area contributed by atoms with Crippen molar-refractivity contribution in [1.29, 1.82) is 0 Å². The topological polar surface area (TPSA) is 29.1 Å². The third-order valence-corrected chi connectivity index (χ3v) is 3.45. The van der Waals surface area contributed by atoms with Crippen molar-refractivity contribution in [3.63, 3.8) is 0 Å². The molecule has 1 rings (SSSR count). The fourth-order valence-electron chi connectivity index (χ4n) is 2.24. The molecule has 1 aliphatic rings. The Morgan fingerprint density at radius 1 is 1.40 bits per heavy atom. The molecule has 0 aromatic carbocycles. The fraction of sp³-hybridized carbons (Fsp3) is 0.917. The van der Waals surface area contributed by atoms with E-state index >= 15 is 0 Å². The number of halogens is 1. The van der Waals surface area contributed by atoms with Gasteiger partial charge in [0, 0.05) is 18.8 Å². The summed E-state index contributed by atoms with van der Waals surface area (Å²) in [5.74, 6) is 2.42. The quantitative estimate of drug-likeness (QED) is 0.553. The first-order chi connectivity index (χ1) is 7.22. The molecule has 1 saturated carbocycles. The number of unbranched alkanes of at least 4 members (excludes halogenated alkanes) is 1. The zero-order valence-corrected chi connectivity index (χ0v) is 10.4. The van der Waals surface area contributed by atoms with Gasteiger partial charge in [-0.2, -0.15) is 0 Å². The summed E-state index contributed by atoms with van der Waals surface area (Å²) in [6.45, 7) is 3.17. The second kappa shape index (κ2) is 7.10. The molecule has 1 amide bonds. The van der Waals surface area contributed by atoms with Crippen LogP contribution in [0.5, 0.6) is 0 Å². The molecule has 0 aromatic heterocycles. The predicted octanol–water partition coefficient (Wildman–Crippen LogP) is 2.95. The van der Waals surface area contributed by atoms with Crippen molar-refractivity contribution < 1.29 is 4.79 Å². The van der Waals surface area contributed by atoms with Gasteiger partial charge in [-0.25, -0.2) is 0 Å². The van der Waals surface area contributed by atoms with Crippen LogP contribution in [0.3, 0.4) is 0 Å². The number of hydrogen-bond acceptors (Lipinski definition) is 1. The molecule has 3 heteroatoms. The van der Waals surface area contributed by atoms with Crippen LogP contribution in [0.25, 0.3) is 0 Å². The van der Waals surface area contributed by atoms with Crippen molar-refractivity contribution in [2.45, 2.75) is 45.4 Å². The molecule has 88 valence electrons. The molecule has 1 fully saturated rings. The number of nitrogens with one attached hydrogen (secondary N) is 1. The summed E-state index contributed by atoms with van der Waals surface area (Å²) in [4.78, 5) is 11.4. The number of carbonyl (C=O) groups is 1. The van der Waals surface area contributed by atoms with E-state index in [1.54, 1.807) is 0 Å². The van der Waals surface area contributed by atoms with Gasteiger partial charge in [-0.1, -0.05) is 13.3 Å². The van der Waals surface area contributed by atoms with E-state index in [0.29, 0.717) is 12.3 Å². The number of hydrogen-bond donors (Lipinski definition) is 1. The lowest BCUT2D eigenvalue weighted by atomic mass is 10.1. The summed E-state index contributed by atoms with van der Waals surface area (Å²) >= 11 is 5.55. The summed E-state index contributed by atoms with van der Waals surface area (Å²) in [5, 5.41) is 3.02. The minimum Gasteiger partial charge on any atom is -0.356 e. The second-order valence-corrected chi connectivity index (χ2v) is 5.11. The highest BCUT2D eigenvalue weighted by atomic mass is 35.5. The van der Waals surface area contributed by atoms with Gasteiger partial charge in [-0.3, -0.25) is 4.79 Å². The van der Waals surface area contributed by atoms with E-state index in [9.17, 15) is 4.79 Å². The van der Waals surface area contributed by atoms with Crippen molar-refractivity contribution in [3.8, 4) is 0 Å². The summed E-state index contributed by atoms with van der Waals surface area (Å²) in [6, 6.07) is 0. The summed E-state index contributed by atoms with van der Waals surface area (Å²) in [5.41, 5.74) is 0. The van der Waals surface area contributed by atoms with E-state index < -0.39 is 0 Å². The van der Waals surface area contributed by atoms with Crippen molar-refractivity contribution in [2.75, 3.05) is 12.4 Å². The Hall–Kier alpha value is -0.240. The summed E-state index contributed by atoms with van der Waals surface area (Å²) < 4.78 is 0. The minimum absolute atomic E-state index is 0.194. The molecule has 0 aromatic rings. The van der Waals surface area contributed by atoms with Crippen molar-refractivity contribution in [2.24, 2.45) is 11.8 Å². The minimum atomic E-state index is 0.194. The Bertz CT molecular complexity index is 196. The van der Waals surface area contributed by atoms with Crippen LogP contribution in [-0.2, 0) is 4.79 Å². The Morgan fingerprint density at radius 3 is 2.80 bits per heavy atom. The van der Waals surface area contributed by atoms with Gasteiger partial charge >= 0.3 is 0 Å². The van der Waals surface area contributed by atoms with Gasteiger partial charge in [0.25, 0.3) is 0 Å². The van der Waals surface area contributed by atoms with E-state index in [1.807, 2.05) is 0 Å². The van der Waals surface area contributed by atoms with E-state index in [0.717, 1.165) is 31.2 Å². The van der Waals surface area contributed by atoms with Gasteiger partial charge < -0.3 is 5.32 Å². The first kappa shape index (κ1) is 12.8. The van der Waals surface area contributed by atoms with Crippen LogP contribution in [0.15, 0.2) is 0 Å². The van der Waals surface area contributed by atoms with Crippen LogP contribution in [-0.4, -0.2) is 18.3 Å². The monoisotopic (exact) mass is 231 g/mol. The summed E-state index contributed by atoms with van der Waals surface area (Å²) in [7, 11) is 0. The highest BCUT2D eigenvalue weighted by molar-refractivity contribution is 6.17. The first-order valence-electron chi connectivity index (χ1n) is 6.05. The molecular formula is C12H22ClNO. The summed E-state index contributed by atoms with van der Waals surface area (Å²) in [6.07, 6.45) is 6.37. The molecule has 0 aliphatic heterocycles. The van der Waals surface area contributed by atoms with Crippen LogP contribution in [0.2, 0.25) is 0 Å². The van der Waals surface area contributed by atoms with Crippen molar-refractivity contribution in [3.05, 3.63) is 0 Å². The maximum Gasteiger partial charge on any atom is 0.220 e. The highest BCUT2D eigenvalue weighted by Gasteiger charge is 2.21. The van der Waals surface area contributed by atoms with Gasteiger partial charge in [-0.05, 0) is 37.5 Å². The van der Waals surface area contributed by atoms with Crippen LogP contribution < -0.4 is 5.32 Å². The lowest BCUT2D eigenvalue weighted by Gasteiger charge is -2.10. The average Bonchev–Trinajstić information content (AvgIpc) is 2.62. The smallest absolute Gasteiger partial charge is 0.220 e. The van der Waals surface area contributed by atoms with Gasteiger partial charge in [0.05, 0.1) is 0 Å².